The van der Waals surface area contributed by atoms with E-state index in [9.17, 15) is 14.4 Å². The molecule has 1 saturated heterocycles. The zero-order chi connectivity index (χ0) is 23.9. The lowest BCUT2D eigenvalue weighted by Gasteiger charge is -2.39. The zero-order valence-electron chi connectivity index (χ0n) is 19.0. The summed E-state index contributed by atoms with van der Waals surface area (Å²) >= 11 is 0. The van der Waals surface area contributed by atoms with E-state index in [2.05, 4.69) is 10.6 Å². The molecule has 0 radical (unpaired) electrons. The summed E-state index contributed by atoms with van der Waals surface area (Å²) in [5.74, 6) is -0.237. The van der Waals surface area contributed by atoms with Crippen LogP contribution in [-0.2, 0) is 10.2 Å². The molecule has 4 aliphatic rings. The van der Waals surface area contributed by atoms with Gasteiger partial charge < -0.3 is 15.5 Å². The number of ketones is 2. The molecule has 6 heteroatoms. The monoisotopic (exact) mass is 459 g/mol. The van der Waals surface area contributed by atoms with Gasteiger partial charge >= 0.3 is 0 Å². The van der Waals surface area contributed by atoms with Crippen LogP contribution in [0.15, 0.2) is 89.8 Å². The maximum absolute atomic E-state index is 14.3. The Kier molecular flexibility index (Phi) is 3.88. The number of aryl methyl sites for hydroxylation is 1. The number of para-hydroxylation sites is 1. The van der Waals surface area contributed by atoms with Crippen LogP contribution in [0, 0.1) is 6.92 Å². The molecule has 0 aromatic heterocycles. The molecule has 35 heavy (non-hydrogen) atoms. The zero-order valence-corrected chi connectivity index (χ0v) is 19.0. The van der Waals surface area contributed by atoms with E-state index in [0.717, 1.165) is 16.8 Å². The first-order valence-corrected chi connectivity index (χ1v) is 11.7. The molecule has 1 spiro atoms. The van der Waals surface area contributed by atoms with Crippen LogP contribution in [0.1, 0.15) is 37.4 Å². The van der Waals surface area contributed by atoms with E-state index in [4.69, 9.17) is 0 Å². The summed E-state index contributed by atoms with van der Waals surface area (Å²) in [5.41, 5.74) is 3.97. The Labute approximate surface area is 202 Å². The summed E-state index contributed by atoms with van der Waals surface area (Å²) in [6, 6.07) is 22.2. The van der Waals surface area contributed by atoms with Crippen LogP contribution in [0.25, 0.3) is 5.70 Å². The van der Waals surface area contributed by atoms with Gasteiger partial charge in [0.2, 0.25) is 5.91 Å². The highest BCUT2D eigenvalue weighted by Crippen LogP contribution is 2.58. The van der Waals surface area contributed by atoms with Crippen molar-refractivity contribution in [3.05, 3.63) is 118 Å². The average molecular weight is 460 g/mol. The SMILES string of the molecule is Cc1ccc(C(=O)C2=C3NCCN3C3=C(C(=O)c4ccccc43)C23C(=O)Nc2ccccc23)cc1. The van der Waals surface area contributed by atoms with Crippen molar-refractivity contribution in [2.75, 3.05) is 18.4 Å². The van der Waals surface area contributed by atoms with Gasteiger partial charge in [0, 0.05) is 46.6 Å². The van der Waals surface area contributed by atoms with Crippen molar-refractivity contribution < 1.29 is 14.4 Å². The van der Waals surface area contributed by atoms with Crippen molar-refractivity contribution in [1.82, 2.24) is 10.2 Å². The Morgan fingerprint density at radius 1 is 0.914 bits per heavy atom. The van der Waals surface area contributed by atoms with E-state index >= 15 is 0 Å². The molecule has 170 valence electrons. The van der Waals surface area contributed by atoms with E-state index < -0.39 is 5.41 Å². The maximum Gasteiger partial charge on any atom is 0.244 e. The molecule has 1 amide bonds. The molecule has 1 fully saturated rings. The molecule has 7 rings (SSSR count). The standard InChI is InChI=1S/C29H21N3O3/c1-16-10-12-17(13-11-16)25(33)23-27-30-14-15-32(27)24-18-6-2-3-7-19(18)26(34)22(24)29(23)20-8-4-5-9-21(20)31-28(29)35/h2-13,30H,14-15H2,1H3,(H,31,35). The van der Waals surface area contributed by atoms with Gasteiger partial charge in [-0.15, -0.1) is 0 Å². The third-order valence-corrected chi connectivity index (χ3v) is 7.51. The summed E-state index contributed by atoms with van der Waals surface area (Å²) < 4.78 is 0. The Hall–Kier alpha value is -4.45. The van der Waals surface area contributed by atoms with E-state index in [0.29, 0.717) is 52.4 Å². The summed E-state index contributed by atoms with van der Waals surface area (Å²) in [6.07, 6.45) is 0. The lowest BCUT2D eigenvalue weighted by molar-refractivity contribution is -0.118. The van der Waals surface area contributed by atoms with Crippen molar-refractivity contribution in [3.8, 4) is 0 Å². The lowest BCUT2D eigenvalue weighted by atomic mass is 9.64. The number of Topliss-reactive ketones (excluding diaryl/α,β-unsaturated/α-hetero) is 2. The smallest absolute Gasteiger partial charge is 0.244 e. The first kappa shape index (κ1) is 20.0. The van der Waals surface area contributed by atoms with E-state index in [1.807, 2.05) is 66.4 Å². The van der Waals surface area contributed by atoms with Crippen LogP contribution in [-0.4, -0.2) is 35.5 Å². The topological polar surface area (TPSA) is 78.5 Å². The summed E-state index contributed by atoms with van der Waals surface area (Å²) in [4.78, 5) is 44.5. The van der Waals surface area contributed by atoms with Crippen LogP contribution in [0.3, 0.4) is 0 Å². The number of anilines is 1. The fourth-order valence-electron chi connectivity index (χ4n) is 6.02. The molecule has 1 aliphatic carbocycles. The number of carbonyl (C=O) groups is 3. The summed E-state index contributed by atoms with van der Waals surface area (Å²) in [7, 11) is 0. The van der Waals surface area contributed by atoms with Crippen LogP contribution in [0.4, 0.5) is 5.69 Å². The highest BCUT2D eigenvalue weighted by atomic mass is 16.2. The Morgan fingerprint density at radius 2 is 1.63 bits per heavy atom. The first-order valence-electron chi connectivity index (χ1n) is 11.7. The fourth-order valence-corrected chi connectivity index (χ4v) is 6.02. The predicted molar refractivity (Wildman–Crippen MR) is 132 cm³/mol. The van der Waals surface area contributed by atoms with Crippen molar-refractivity contribution in [2.24, 2.45) is 0 Å². The number of carbonyl (C=O) groups excluding carboxylic acids is 3. The largest absolute Gasteiger partial charge is 0.369 e. The van der Waals surface area contributed by atoms with Gasteiger partial charge in [-0.05, 0) is 13.0 Å². The molecular weight excluding hydrogens is 438 g/mol. The van der Waals surface area contributed by atoms with Gasteiger partial charge in [0.05, 0.1) is 11.3 Å². The van der Waals surface area contributed by atoms with Crippen molar-refractivity contribution in [2.45, 2.75) is 12.3 Å². The molecule has 0 bridgehead atoms. The highest BCUT2D eigenvalue weighted by Gasteiger charge is 2.63. The molecule has 3 heterocycles. The molecule has 0 saturated carbocycles. The van der Waals surface area contributed by atoms with Crippen molar-refractivity contribution in [1.29, 1.82) is 0 Å². The van der Waals surface area contributed by atoms with Gasteiger partial charge in [-0.3, -0.25) is 14.4 Å². The van der Waals surface area contributed by atoms with Crippen LogP contribution in [0.2, 0.25) is 0 Å². The molecule has 2 N–H and O–H groups in total. The maximum atomic E-state index is 14.3. The van der Waals surface area contributed by atoms with Crippen molar-refractivity contribution in [3.63, 3.8) is 0 Å². The molecule has 3 aliphatic heterocycles. The number of benzene rings is 3. The minimum atomic E-state index is -1.55. The molecule has 1 atom stereocenters. The number of rotatable bonds is 2. The number of nitrogens with zero attached hydrogens (tertiary/aromatic N) is 1. The minimum Gasteiger partial charge on any atom is -0.369 e. The number of fused-ring (bicyclic) bond motifs is 7. The number of hydrogen-bond donors (Lipinski definition) is 2. The molecule has 3 aromatic carbocycles. The van der Waals surface area contributed by atoms with Crippen molar-refractivity contribution >= 4 is 28.9 Å². The second kappa shape index (κ2) is 6.79. The van der Waals surface area contributed by atoms with Gasteiger partial charge in [0.1, 0.15) is 11.2 Å². The second-order valence-electron chi connectivity index (χ2n) is 9.35. The van der Waals surface area contributed by atoms with Crippen LogP contribution < -0.4 is 10.6 Å². The van der Waals surface area contributed by atoms with Gasteiger partial charge in [-0.25, -0.2) is 0 Å². The normalized spacial score (nSPS) is 21.6. The van der Waals surface area contributed by atoms with E-state index in [1.54, 1.807) is 18.2 Å². The second-order valence-corrected chi connectivity index (χ2v) is 9.35. The summed E-state index contributed by atoms with van der Waals surface area (Å²) in [6.45, 7) is 3.16. The van der Waals surface area contributed by atoms with Crippen LogP contribution >= 0.6 is 0 Å². The molecule has 6 nitrogen and oxygen atoms in total. The molecule has 1 unspecified atom stereocenters. The number of hydrogen-bond acceptors (Lipinski definition) is 5. The van der Waals surface area contributed by atoms with Gasteiger partial charge in [-0.2, -0.15) is 0 Å². The quantitative estimate of drug-likeness (QED) is 0.570. The Balaban J connectivity index is 1.60. The number of amides is 1. The molecule has 3 aromatic rings. The Bertz CT molecular complexity index is 1560. The van der Waals surface area contributed by atoms with Gasteiger partial charge in [0.25, 0.3) is 0 Å². The fraction of sp³-hybridized carbons (Fsp3) is 0.138. The average Bonchev–Trinajstić information content (AvgIpc) is 3.54. The number of nitrogens with one attached hydrogen (secondary N) is 2. The molecular formula is C29H21N3O3. The van der Waals surface area contributed by atoms with Crippen LogP contribution in [0.5, 0.6) is 0 Å². The lowest BCUT2D eigenvalue weighted by Crippen LogP contribution is -2.48. The Morgan fingerprint density at radius 3 is 2.43 bits per heavy atom. The first-order chi connectivity index (χ1) is 17.0. The minimum absolute atomic E-state index is 0.206. The summed E-state index contributed by atoms with van der Waals surface area (Å²) in [5, 5.41) is 6.38. The highest BCUT2D eigenvalue weighted by molar-refractivity contribution is 6.33. The third-order valence-electron chi connectivity index (χ3n) is 7.51. The van der Waals surface area contributed by atoms with E-state index in [1.165, 1.54) is 0 Å². The van der Waals surface area contributed by atoms with Gasteiger partial charge in [0.15, 0.2) is 11.6 Å². The third kappa shape index (κ3) is 2.36. The van der Waals surface area contributed by atoms with E-state index in [-0.39, 0.29) is 17.5 Å². The predicted octanol–water partition coefficient (Wildman–Crippen LogP) is 3.81. The van der Waals surface area contributed by atoms with Gasteiger partial charge in [-0.1, -0.05) is 72.3 Å².